The van der Waals surface area contributed by atoms with Crippen LogP contribution in [0.1, 0.15) is 37.1 Å². The van der Waals surface area contributed by atoms with E-state index in [1.165, 1.54) is 19.3 Å². The van der Waals surface area contributed by atoms with Crippen molar-refractivity contribution in [2.45, 2.75) is 45.2 Å². The second-order valence-electron chi connectivity index (χ2n) is 4.93. The van der Waals surface area contributed by atoms with Gasteiger partial charge < -0.3 is 5.11 Å². The smallest absolute Gasteiger partial charge is 0.0587 e. The number of likely N-dealkylation sites (tertiary alicyclic amines) is 1. The molecule has 1 aliphatic heterocycles. The molecule has 1 N–H and O–H groups in total. The van der Waals surface area contributed by atoms with Crippen molar-refractivity contribution in [2.24, 2.45) is 0 Å². The van der Waals surface area contributed by atoms with Crippen molar-refractivity contribution in [3.05, 3.63) is 29.6 Å². The number of hydrogen-bond donors (Lipinski definition) is 1. The second-order valence-corrected chi connectivity index (χ2v) is 4.93. The molecular weight excluding hydrogens is 212 g/mol. The van der Waals surface area contributed by atoms with Crippen molar-refractivity contribution in [3.63, 3.8) is 0 Å². The van der Waals surface area contributed by atoms with Crippen LogP contribution in [-0.4, -0.2) is 34.2 Å². The van der Waals surface area contributed by atoms with Crippen molar-refractivity contribution in [1.29, 1.82) is 0 Å². The van der Waals surface area contributed by atoms with Gasteiger partial charge in [-0.2, -0.15) is 0 Å². The Kier molecular flexibility index (Phi) is 4.51. The lowest BCUT2D eigenvalue weighted by Gasteiger charge is -2.28. The lowest BCUT2D eigenvalue weighted by Crippen LogP contribution is -2.37. The molecule has 1 aromatic heterocycles. The number of rotatable bonds is 3. The zero-order valence-electron chi connectivity index (χ0n) is 10.6. The molecule has 0 saturated carbocycles. The monoisotopic (exact) mass is 234 g/mol. The van der Waals surface area contributed by atoms with E-state index in [2.05, 4.69) is 22.0 Å². The van der Waals surface area contributed by atoms with Crippen LogP contribution in [0, 0.1) is 6.92 Å². The van der Waals surface area contributed by atoms with E-state index in [4.69, 9.17) is 0 Å². The van der Waals surface area contributed by atoms with Crippen LogP contribution in [0.5, 0.6) is 0 Å². The van der Waals surface area contributed by atoms with E-state index < -0.39 is 0 Å². The first kappa shape index (κ1) is 12.5. The summed E-state index contributed by atoms with van der Waals surface area (Å²) in [6.07, 6.45) is 4.88. The van der Waals surface area contributed by atoms with Gasteiger partial charge in [0, 0.05) is 18.3 Å². The van der Waals surface area contributed by atoms with Gasteiger partial charge >= 0.3 is 0 Å². The molecule has 0 aliphatic carbocycles. The number of nitrogens with zero attached hydrogens (tertiary/aromatic N) is 2. The Labute approximate surface area is 103 Å². The van der Waals surface area contributed by atoms with Crippen LogP contribution in [0.15, 0.2) is 18.2 Å². The average Bonchev–Trinajstić information content (AvgIpc) is 2.54. The minimum atomic E-state index is 0.270. The highest BCUT2D eigenvalue weighted by Gasteiger charge is 2.20. The molecule has 3 heteroatoms. The van der Waals surface area contributed by atoms with Crippen LogP contribution in [-0.2, 0) is 6.54 Å². The molecule has 94 valence electrons. The van der Waals surface area contributed by atoms with Crippen molar-refractivity contribution >= 4 is 0 Å². The van der Waals surface area contributed by atoms with Crippen molar-refractivity contribution < 1.29 is 5.11 Å². The van der Waals surface area contributed by atoms with Crippen LogP contribution >= 0.6 is 0 Å². The zero-order valence-corrected chi connectivity index (χ0v) is 10.6. The van der Waals surface area contributed by atoms with Crippen LogP contribution in [0.4, 0.5) is 0 Å². The summed E-state index contributed by atoms with van der Waals surface area (Å²) >= 11 is 0. The van der Waals surface area contributed by atoms with Crippen molar-refractivity contribution in [3.8, 4) is 0 Å². The summed E-state index contributed by atoms with van der Waals surface area (Å²) in [5.74, 6) is 0. The molecule has 0 bridgehead atoms. The third kappa shape index (κ3) is 3.51. The summed E-state index contributed by atoms with van der Waals surface area (Å²) in [5.41, 5.74) is 2.18. The van der Waals surface area contributed by atoms with E-state index in [1.54, 1.807) is 0 Å². The Morgan fingerprint density at radius 3 is 3.00 bits per heavy atom. The summed E-state index contributed by atoms with van der Waals surface area (Å²) in [5, 5.41) is 9.46. The van der Waals surface area contributed by atoms with E-state index >= 15 is 0 Å². The quantitative estimate of drug-likeness (QED) is 0.870. The lowest BCUT2D eigenvalue weighted by atomic mass is 10.1. The highest BCUT2D eigenvalue weighted by molar-refractivity contribution is 5.10. The minimum absolute atomic E-state index is 0.270. The molecule has 1 fully saturated rings. The summed E-state index contributed by atoms with van der Waals surface area (Å²) in [6, 6.07) is 6.48. The van der Waals surface area contributed by atoms with Crippen molar-refractivity contribution in [1.82, 2.24) is 9.88 Å². The molecule has 17 heavy (non-hydrogen) atoms. The molecular formula is C14H22N2O. The molecule has 1 aromatic rings. The van der Waals surface area contributed by atoms with Gasteiger partial charge in [0.2, 0.25) is 0 Å². The molecule has 3 nitrogen and oxygen atoms in total. The van der Waals surface area contributed by atoms with Gasteiger partial charge in [-0.3, -0.25) is 9.88 Å². The van der Waals surface area contributed by atoms with Gasteiger partial charge in [-0.15, -0.1) is 0 Å². The fourth-order valence-corrected chi connectivity index (χ4v) is 2.55. The summed E-state index contributed by atoms with van der Waals surface area (Å²) in [4.78, 5) is 6.93. The molecule has 1 aliphatic rings. The lowest BCUT2D eigenvalue weighted by molar-refractivity contribution is 0.117. The first-order valence-electron chi connectivity index (χ1n) is 6.57. The molecule has 1 unspecified atom stereocenters. The second kappa shape index (κ2) is 6.12. The summed E-state index contributed by atoms with van der Waals surface area (Å²) in [7, 11) is 0. The predicted octanol–water partition coefficient (Wildman–Crippen LogP) is 2.13. The first-order valence-corrected chi connectivity index (χ1v) is 6.57. The van der Waals surface area contributed by atoms with E-state index in [-0.39, 0.29) is 6.61 Å². The highest BCUT2D eigenvalue weighted by Crippen LogP contribution is 2.18. The summed E-state index contributed by atoms with van der Waals surface area (Å²) in [6.45, 7) is 4.25. The predicted molar refractivity (Wildman–Crippen MR) is 68.7 cm³/mol. The van der Waals surface area contributed by atoms with Crippen molar-refractivity contribution in [2.75, 3.05) is 13.2 Å². The van der Waals surface area contributed by atoms with Gasteiger partial charge in [0.25, 0.3) is 0 Å². The van der Waals surface area contributed by atoms with Gasteiger partial charge in [0.1, 0.15) is 0 Å². The largest absolute Gasteiger partial charge is 0.395 e. The number of aliphatic hydroxyl groups is 1. The van der Waals surface area contributed by atoms with Gasteiger partial charge in [-0.25, -0.2) is 0 Å². The van der Waals surface area contributed by atoms with Crippen LogP contribution in [0.25, 0.3) is 0 Å². The number of aromatic nitrogens is 1. The van der Waals surface area contributed by atoms with Crippen LogP contribution < -0.4 is 0 Å². The molecule has 1 atom stereocenters. The fraction of sp³-hybridized carbons (Fsp3) is 0.643. The molecule has 0 radical (unpaired) electrons. The Morgan fingerprint density at radius 2 is 2.24 bits per heavy atom. The number of aliphatic hydroxyl groups excluding tert-OH is 1. The topological polar surface area (TPSA) is 36.4 Å². The maximum Gasteiger partial charge on any atom is 0.0587 e. The van der Waals surface area contributed by atoms with E-state index in [0.29, 0.717) is 6.04 Å². The Morgan fingerprint density at radius 1 is 1.35 bits per heavy atom. The fourth-order valence-electron chi connectivity index (χ4n) is 2.55. The normalized spacial score (nSPS) is 22.4. The maximum absolute atomic E-state index is 9.46. The van der Waals surface area contributed by atoms with Crippen LogP contribution in [0.2, 0.25) is 0 Å². The third-order valence-electron chi connectivity index (χ3n) is 3.52. The van der Waals surface area contributed by atoms with Gasteiger partial charge in [-0.05, 0) is 38.4 Å². The Balaban J connectivity index is 2.04. The first-order chi connectivity index (χ1) is 8.29. The van der Waals surface area contributed by atoms with E-state index in [0.717, 1.165) is 30.9 Å². The summed E-state index contributed by atoms with van der Waals surface area (Å²) < 4.78 is 0. The molecule has 0 amide bonds. The average molecular weight is 234 g/mol. The highest BCUT2D eigenvalue weighted by atomic mass is 16.3. The molecule has 0 spiro atoms. The zero-order chi connectivity index (χ0) is 12.1. The molecule has 1 saturated heterocycles. The Hall–Kier alpha value is -0.930. The Bertz CT molecular complexity index is 354. The van der Waals surface area contributed by atoms with Gasteiger partial charge in [-0.1, -0.05) is 18.9 Å². The van der Waals surface area contributed by atoms with E-state index in [9.17, 15) is 5.11 Å². The number of aryl methyl sites for hydroxylation is 1. The molecule has 2 rings (SSSR count). The number of pyridine rings is 1. The third-order valence-corrected chi connectivity index (χ3v) is 3.52. The number of hydrogen-bond acceptors (Lipinski definition) is 3. The maximum atomic E-state index is 9.46. The van der Waals surface area contributed by atoms with E-state index in [1.807, 2.05) is 13.0 Å². The minimum Gasteiger partial charge on any atom is -0.395 e. The van der Waals surface area contributed by atoms with Crippen LogP contribution in [0.3, 0.4) is 0 Å². The standard InChI is InChI=1S/C14H22N2O/c1-12-6-5-7-13(15-12)10-16-9-4-2-3-8-14(16)11-17/h5-7,14,17H,2-4,8-11H2,1H3. The van der Waals surface area contributed by atoms with Gasteiger partial charge in [0.15, 0.2) is 0 Å². The van der Waals surface area contributed by atoms with Gasteiger partial charge in [0.05, 0.1) is 12.3 Å². The molecule has 0 aromatic carbocycles. The SMILES string of the molecule is Cc1cccc(CN2CCCCCC2CO)n1. The molecule has 2 heterocycles.